The lowest BCUT2D eigenvalue weighted by Crippen LogP contribution is -2.42. The lowest BCUT2D eigenvalue weighted by molar-refractivity contribution is 0.0353. The van der Waals surface area contributed by atoms with E-state index in [1.54, 1.807) is 7.11 Å². The maximum Gasteiger partial charge on any atom is 0.145 e. The number of rotatable bonds is 10. The summed E-state index contributed by atoms with van der Waals surface area (Å²) in [6, 6.07) is 16.2. The van der Waals surface area contributed by atoms with Crippen LogP contribution in [0.4, 0.5) is 4.39 Å². The average molecular weight is 451 g/mol. The second-order valence-corrected chi connectivity index (χ2v) is 9.41. The van der Waals surface area contributed by atoms with Crippen molar-refractivity contribution in [2.24, 2.45) is 5.41 Å². The van der Waals surface area contributed by atoms with Gasteiger partial charge in [-0.3, -0.25) is 4.98 Å². The molecular formula is C28H35FN2O2. The minimum Gasteiger partial charge on any atom is -0.497 e. The second-order valence-electron chi connectivity index (χ2n) is 9.41. The van der Waals surface area contributed by atoms with E-state index < -0.39 is 0 Å². The van der Waals surface area contributed by atoms with Crippen molar-refractivity contribution in [1.29, 1.82) is 0 Å². The van der Waals surface area contributed by atoms with E-state index in [2.05, 4.69) is 40.2 Å². The third kappa shape index (κ3) is 5.90. The van der Waals surface area contributed by atoms with Gasteiger partial charge in [0, 0.05) is 12.0 Å². The third-order valence-electron chi connectivity index (χ3n) is 7.30. The number of hydrogen-bond donors (Lipinski definition) is 1. The summed E-state index contributed by atoms with van der Waals surface area (Å²) < 4.78 is 20.0. The third-order valence-corrected chi connectivity index (χ3v) is 7.30. The molecule has 1 aliphatic rings. The molecule has 1 aromatic heterocycles. The first-order valence-corrected chi connectivity index (χ1v) is 12.1. The van der Waals surface area contributed by atoms with Gasteiger partial charge in [0.2, 0.25) is 0 Å². The van der Waals surface area contributed by atoms with E-state index in [1.807, 2.05) is 18.2 Å². The molecular weight excluding hydrogens is 415 g/mol. The van der Waals surface area contributed by atoms with Gasteiger partial charge in [-0.15, -0.1) is 0 Å². The number of ether oxygens (including phenoxy) is 1. The van der Waals surface area contributed by atoms with E-state index >= 15 is 0 Å². The Morgan fingerprint density at radius 3 is 2.58 bits per heavy atom. The molecule has 2 aromatic carbocycles. The van der Waals surface area contributed by atoms with Gasteiger partial charge in [-0.2, -0.15) is 0 Å². The van der Waals surface area contributed by atoms with Crippen LogP contribution in [0.25, 0.3) is 10.9 Å². The summed E-state index contributed by atoms with van der Waals surface area (Å²) in [7, 11) is 1.62. The monoisotopic (exact) mass is 450 g/mol. The van der Waals surface area contributed by atoms with Crippen molar-refractivity contribution < 1.29 is 14.2 Å². The zero-order valence-electron chi connectivity index (χ0n) is 19.6. The molecule has 0 radical (unpaired) electrons. The van der Waals surface area contributed by atoms with E-state index in [1.165, 1.54) is 11.8 Å². The molecule has 0 unspecified atom stereocenters. The second kappa shape index (κ2) is 11.1. The summed E-state index contributed by atoms with van der Waals surface area (Å²) in [6.07, 6.45) is 7.99. The van der Waals surface area contributed by atoms with E-state index in [0.717, 1.165) is 69.1 Å². The van der Waals surface area contributed by atoms with Crippen LogP contribution < -0.4 is 4.74 Å². The van der Waals surface area contributed by atoms with Gasteiger partial charge in [-0.1, -0.05) is 30.3 Å². The zero-order valence-corrected chi connectivity index (χ0v) is 19.6. The first kappa shape index (κ1) is 23.7. The Morgan fingerprint density at radius 1 is 1.06 bits per heavy atom. The Hall–Kier alpha value is -2.50. The molecule has 0 bridgehead atoms. The topological polar surface area (TPSA) is 45.6 Å². The minimum absolute atomic E-state index is 0.0487. The van der Waals surface area contributed by atoms with Gasteiger partial charge in [0.1, 0.15) is 11.6 Å². The van der Waals surface area contributed by atoms with E-state index in [4.69, 9.17) is 4.74 Å². The van der Waals surface area contributed by atoms with Crippen LogP contribution in [0, 0.1) is 11.2 Å². The van der Waals surface area contributed by atoms with E-state index in [9.17, 15) is 9.50 Å². The largest absolute Gasteiger partial charge is 0.497 e. The molecule has 0 atom stereocenters. The van der Waals surface area contributed by atoms with Crippen LogP contribution in [0.2, 0.25) is 0 Å². The van der Waals surface area contributed by atoms with Crippen molar-refractivity contribution in [3.63, 3.8) is 0 Å². The number of fused-ring (bicyclic) bond motifs is 1. The number of halogens is 1. The van der Waals surface area contributed by atoms with Gasteiger partial charge >= 0.3 is 0 Å². The van der Waals surface area contributed by atoms with Gasteiger partial charge in [-0.05, 0) is 99.3 Å². The van der Waals surface area contributed by atoms with E-state index in [0.29, 0.717) is 17.7 Å². The molecule has 0 aliphatic carbocycles. The quantitative estimate of drug-likeness (QED) is 0.448. The Morgan fingerprint density at radius 2 is 1.85 bits per heavy atom. The number of aryl methyl sites for hydroxylation is 2. The van der Waals surface area contributed by atoms with Crippen LogP contribution in [-0.4, -0.2) is 48.3 Å². The van der Waals surface area contributed by atoms with Crippen molar-refractivity contribution in [3.8, 4) is 5.75 Å². The molecule has 0 spiro atoms. The molecule has 176 valence electrons. The smallest absolute Gasteiger partial charge is 0.145 e. The van der Waals surface area contributed by atoms with Gasteiger partial charge in [0.25, 0.3) is 0 Å². The first-order chi connectivity index (χ1) is 16.1. The molecule has 1 saturated heterocycles. The number of pyridine rings is 1. The lowest BCUT2D eigenvalue weighted by atomic mass is 9.75. The molecule has 33 heavy (non-hydrogen) atoms. The van der Waals surface area contributed by atoms with Crippen molar-refractivity contribution in [3.05, 3.63) is 71.7 Å². The average Bonchev–Trinajstić information content (AvgIpc) is 2.86. The number of piperidine rings is 1. The Bertz CT molecular complexity index is 1030. The maximum absolute atomic E-state index is 14.6. The zero-order chi connectivity index (χ0) is 23.1. The van der Waals surface area contributed by atoms with Crippen LogP contribution in [0.3, 0.4) is 0 Å². The molecule has 3 aromatic rings. The number of aliphatic hydroxyl groups excluding tert-OH is 1. The highest BCUT2D eigenvalue weighted by Crippen LogP contribution is 2.37. The van der Waals surface area contributed by atoms with Crippen molar-refractivity contribution >= 4 is 10.9 Å². The van der Waals surface area contributed by atoms with Crippen LogP contribution in [0.1, 0.15) is 43.2 Å². The fourth-order valence-corrected chi connectivity index (χ4v) is 5.11. The predicted molar refractivity (Wildman–Crippen MR) is 131 cm³/mol. The van der Waals surface area contributed by atoms with Gasteiger partial charge < -0.3 is 14.7 Å². The number of hydrogen-bond acceptors (Lipinski definition) is 4. The normalized spacial score (nSPS) is 16.2. The standard InChI is InChI=1S/C28H35FN2O2/c1-33-23-11-12-27-25(19-23)24(26(29)20-30-27)10-5-13-28(21-32)14-17-31(18-15-28)16-6-9-22-7-3-2-4-8-22/h2-4,7-8,11-12,19-20,32H,5-6,9-10,13-18,21H2,1H3. The Labute approximate surface area is 196 Å². The molecule has 1 aliphatic heterocycles. The number of nitrogens with zero attached hydrogens (tertiary/aromatic N) is 2. The number of aliphatic hydroxyl groups is 1. The van der Waals surface area contributed by atoms with E-state index in [-0.39, 0.29) is 17.8 Å². The number of likely N-dealkylation sites (tertiary alicyclic amines) is 1. The van der Waals surface area contributed by atoms with Crippen LogP contribution in [0.15, 0.2) is 54.7 Å². The minimum atomic E-state index is -0.262. The van der Waals surface area contributed by atoms with Gasteiger partial charge in [0.05, 0.1) is 18.8 Å². The summed E-state index contributed by atoms with van der Waals surface area (Å²) in [6.45, 7) is 3.36. The molecule has 0 saturated carbocycles. The number of methoxy groups -OCH3 is 1. The van der Waals surface area contributed by atoms with Gasteiger partial charge in [0.15, 0.2) is 0 Å². The summed E-state index contributed by atoms with van der Waals surface area (Å²) in [5.41, 5.74) is 2.83. The fraction of sp³-hybridized carbons (Fsp3) is 0.464. The number of aromatic nitrogens is 1. The fourth-order valence-electron chi connectivity index (χ4n) is 5.11. The Balaban J connectivity index is 1.30. The SMILES string of the molecule is COc1ccc2ncc(F)c(CCCC3(CO)CCN(CCCc4ccccc4)CC3)c2c1. The molecule has 5 heteroatoms. The molecule has 1 fully saturated rings. The first-order valence-electron chi connectivity index (χ1n) is 12.1. The highest BCUT2D eigenvalue weighted by atomic mass is 19.1. The molecule has 2 heterocycles. The molecule has 4 nitrogen and oxygen atoms in total. The number of benzene rings is 2. The molecule has 0 amide bonds. The summed E-state index contributed by atoms with van der Waals surface area (Å²) in [5, 5.41) is 11.0. The van der Waals surface area contributed by atoms with Crippen molar-refractivity contribution in [2.45, 2.75) is 44.9 Å². The summed E-state index contributed by atoms with van der Waals surface area (Å²) >= 11 is 0. The summed E-state index contributed by atoms with van der Waals surface area (Å²) in [5.74, 6) is 0.449. The van der Waals surface area contributed by atoms with Crippen molar-refractivity contribution in [1.82, 2.24) is 9.88 Å². The van der Waals surface area contributed by atoms with Crippen LogP contribution in [0.5, 0.6) is 5.75 Å². The summed E-state index contributed by atoms with van der Waals surface area (Å²) in [4.78, 5) is 6.75. The van der Waals surface area contributed by atoms with Crippen LogP contribution >= 0.6 is 0 Å². The van der Waals surface area contributed by atoms with Gasteiger partial charge in [-0.25, -0.2) is 4.39 Å². The Kier molecular flexibility index (Phi) is 7.94. The molecule has 4 rings (SSSR count). The highest BCUT2D eigenvalue weighted by Gasteiger charge is 2.33. The van der Waals surface area contributed by atoms with Crippen molar-refractivity contribution in [2.75, 3.05) is 33.4 Å². The highest BCUT2D eigenvalue weighted by molar-refractivity contribution is 5.83. The molecule has 1 N–H and O–H groups in total. The lowest BCUT2D eigenvalue weighted by Gasteiger charge is -2.41. The predicted octanol–water partition coefficient (Wildman–Crippen LogP) is 5.41. The maximum atomic E-state index is 14.6. The van der Waals surface area contributed by atoms with Crippen LogP contribution in [-0.2, 0) is 12.8 Å².